The van der Waals surface area contributed by atoms with Crippen molar-refractivity contribution in [1.82, 2.24) is 5.32 Å². The van der Waals surface area contributed by atoms with Crippen LogP contribution >= 0.6 is 15.9 Å². The molecule has 0 bridgehead atoms. The average Bonchev–Trinajstić information content (AvgIpc) is 2.70. The molecule has 0 spiro atoms. The molecule has 0 radical (unpaired) electrons. The zero-order valence-corrected chi connectivity index (χ0v) is 17.6. The van der Waals surface area contributed by atoms with E-state index >= 15 is 0 Å². The quantitative estimate of drug-likeness (QED) is 0.531. The SMILES string of the molecule is Cc1ccc(C2=N[C@H](c3ccccc3C)N[C@@H](c3cc(Br)ccc3O)C2)cc1. The number of rotatable bonds is 3. The van der Waals surface area contributed by atoms with E-state index in [4.69, 9.17) is 4.99 Å². The zero-order valence-electron chi connectivity index (χ0n) is 16.0. The molecule has 0 aromatic heterocycles. The fourth-order valence-corrected chi connectivity index (χ4v) is 4.06. The second-order valence-corrected chi connectivity index (χ2v) is 8.24. The summed E-state index contributed by atoms with van der Waals surface area (Å²) in [4.78, 5) is 5.05. The summed E-state index contributed by atoms with van der Waals surface area (Å²) in [6.45, 7) is 4.20. The molecule has 0 amide bonds. The minimum Gasteiger partial charge on any atom is -0.508 e. The Bertz CT molecular complexity index is 1030. The minimum absolute atomic E-state index is 0.0316. The monoisotopic (exact) mass is 434 g/mol. The van der Waals surface area contributed by atoms with Crippen LogP contribution in [0.1, 0.15) is 46.4 Å². The van der Waals surface area contributed by atoms with Gasteiger partial charge in [0.15, 0.2) is 0 Å². The van der Waals surface area contributed by atoms with Gasteiger partial charge in [-0.05, 0) is 48.7 Å². The van der Waals surface area contributed by atoms with Gasteiger partial charge in [-0.2, -0.15) is 0 Å². The smallest absolute Gasteiger partial charge is 0.126 e. The van der Waals surface area contributed by atoms with Crippen LogP contribution in [0.25, 0.3) is 0 Å². The first kappa shape index (κ1) is 18.9. The van der Waals surface area contributed by atoms with Crippen molar-refractivity contribution in [1.29, 1.82) is 0 Å². The van der Waals surface area contributed by atoms with Crippen molar-refractivity contribution in [3.8, 4) is 5.75 Å². The zero-order chi connectivity index (χ0) is 19.7. The lowest BCUT2D eigenvalue weighted by Crippen LogP contribution is -2.33. The topological polar surface area (TPSA) is 44.6 Å². The molecule has 0 fully saturated rings. The number of benzene rings is 3. The van der Waals surface area contributed by atoms with E-state index in [-0.39, 0.29) is 12.2 Å². The van der Waals surface area contributed by atoms with Crippen molar-refractivity contribution in [2.24, 2.45) is 4.99 Å². The maximum Gasteiger partial charge on any atom is 0.126 e. The highest BCUT2D eigenvalue weighted by molar-refractivity contribution is 9.10. The van der Waals surface area contributed by atoms with Crippen LogP contribution in [0.2, 0.25) is 0 Å². The van der Waals surface area contributed by atoms with Crippen LogP contribution in [0.3, 0.4) is 0 Å². The second kappa shape index (κ2) is 7.90. The molecule has 28 heavy (non-hydrogen) atoms. The lowest BCUT2D eigenvalue weighted by Gasteiger charge is -2.31. The standard InChI is InChI=1S/C24H23BrN2O/c1-15-7-9-17(10-8-15)21-14-22(20-13-18(25)11-12-23(20)28)27-24(26-21)19-6-4-3-5-16(19)2/h3-13,22,24,27-28H,14H2,1-2H3/t22-,24+/m1/s1. The number of nitrogens with zero attached hydrogens (tertiary/aromatic N) is 1. The van der Waals surface area contributed by atoms with E-state index in [1.807, 2.05) is 24.3 Å². The molecule has 2 N–H and O–H groups in total. The molecule has 0 saturated heterocycles. The average molecular weight is 435 g/mol. The molecule has 3 aromatic carbocycles. The van der Waals surface area contributed by atoms with Crippen molar-refractivity contribution >= 4 is 21.6 Å². The summed E-state index contributed by atoms with van der Waals surface area (Å²) in [6.07, 6.45) is 0.560. The summed E-state index contributed by atoms with van der Waals surface area (Å²) in [7, 11) is 0. The van der Waals surface area contributed by atoms with Crippen LogP contribution in [0.4, 0.5) is 0 Å². The third kappa shape index (κ3) is 3.89. The normalized spacial score (nSPS) is 19.3. The Morgan fingerprint density at radius 3 is 2.46 bits per heavy atom. The second-order valence-electron chi connectivity index (χ2n) is 7.33. The highest BCUT2D eigenvalue weighted by Gasteiger charge is 2.28. The first-order valence-electron chi connectivity index (χ1n) is 9.45. The van der Waals surface area contributed by atoms with Crippen molar-refractivity contribution in [3.05, 3.63) is 99.0 Å². The van der Waals surface area contributed by atoms with Gasteiger partial charge in [0, 0.05) is 28.2 Å². The van der Waals surface area contributed by atoms with Gasteiger partial charge in [0.2, 0.25) is 0 Å². The largest absolute Gasteiger partial charge is 0.508 e. The van der Waals surface area contributed by atoms with Gasteiger partial charge < -0.3 is 5.11 Å². The van der Waals surface area contributed by atoms with Gasteiger partial charge in [0.1, 0.15) is 11.9 Å². The number of aliphatic imine (C=N–C) groups is 1. The van der Waals surface area contributed by atoms with Gasteiger partial charge in [-0.1, -0.05) is 70.0 Å². The molecule has 0 aliphatic carbocycles. The van der Waals surface area contributed by atoms with Gasteiger partial charge in [0.05, 0.1) is 0 Å². The van der Waals surface area contributed by atoms with Crippen LogP contribution in [0, 0.1) is 13.8 Å². The summed E-state index contributed by atoms with van der Waals surface area (Å²) in [5.41, 5.74) is 6.65. The molecular formula is C24H23BrN2O. The Labute approximate surface area is 174 Å². The van der Waals surface area contributed by atoms with Gasteiger partial charge >= 0.3 is 0 Å². The van der Waals surface area contributed by atoms with E-state index in [1.165, 1.54) is 11.1 Å². The molecule has 0 unspecified atom stereocenters. The van der Waals surface area contributed by atoms with E-state index < -0.39 is 0 Å². The van der Waals surface area contributed by atoms with E-state index in [9.17, 15) is 5.11 Å². The summed E-state index contributed by atoms with van der Waals surface area (Å²) in [5, 5.41) is 14.1. The van der Waals surface area contributed by atoms with Crippen LogP contribution in [-0.2, 0) is 0 Å². The molecule has 3 nitrogen and oxygen atoms in total. The first-order valence-corrected chi connectivity index (χ1v) is 10.2. The van der Waals surface area contributed by atoms with Crippen LogP contribution < -0.4 is 5.32 Å². The fraction of sp³-hybridized carbons (Fsp3) is 0.208. The van der Waals surface area contributed by atoms with E-state index in [1.54, 1.807) is 6.07 Å². The highest BCUT2D eigenvalue weighted by atomic mass is 79.9. The maximum absolute atomic E-state index is 10.5. The third-order valence-corrected chi connectivity index (χ3v) is 5.77. The van der Waals surface area contributed by atoms with Crippen molar-refractivity contribution in [3.63, 3.8) is 0 Å². The lowest BCUT2D eigenvalue weighted by atomic mass is 9.92. The number of hydrogen-bond donors (Lipinski definition) is 2. The Hall–Kier alpha value is -2.43. The predicted octanol–water partition coefficient (Wildman–Crippen LogP) is 5.99. The van der Waals surface area contributed by atoms with Crippen LogP contribution in [0.5, 0.6) is 5.75 Å². The number of aromatic hydroxyl groups is 1. The molecule has 142 valence electrons. The number of aryl methyl sites for hydroxylation is 2. The molecule has 2 atom stereocenters. The molecule has 4 rings (SSSR count). The highest BCUT2D eigenvalue weighted by Crippen LogP contribution is 2.36. The molecule has 1 heterocycles. The maximum atomic E-state index is 10.5. The number of nitrogens with one attached hydrogen (secondary N) is 1. The number of hydrogen-bond acceptors (Lipinski definition) is 3. The van der Waals surface area contributed by atoms with Gasteiger partial charge in [0.25, 0.3) is 0 Å². The Morgan fingerprint density at radius 2 is 1.71 bits per heavy atom. The van der Waals surface area contributed by atoms with Gasteiger partial charge in [-0.3, -0.25) is 10.3 Å². The van der Waals surface area contributed by atoms with Gasteiger partial charge in [-0.15, -0.1) is 0 Å². The summed E-state index contributed by atoms with van der Waals surface area (Å²) >= 11 is 3.53. The minimum atomic E-state index is -0.158. The molecule has 4 heteroatoms. The lowest BCUT2D eigenvalue weighted by molar-refractivity contribution is 0.412. The van der Waals surface area contributed by atoms with Crippen molar-refractivity contribution in [2.45, 2.75) is 32.5 Å². The fourth-order valence-electron chi connectivity index (χ4n) is 3.68. The number of phenolic OH excluding ortho intramolecular Hbond substituents is 1. The summed E-state index contributed by atoms with van der Waals surface area (Å²) < 4.78 is 0.953. The van der Waals surface area contributed by atoms with Crippen molar-refractivity contribution in [2.75, 3.05) is 0 Å². The van der Waals surface area contributed by atoms with Gasteiger partial charge in [-0.25, -0.2) is 0 Å². The van der Waals surface area contributed by atoms with E-state index in [2.05, 4.69) is 71.5 Å². The number of phenols is 1. The molecular weight excluding hydrogens is 412 g/mol. The third-order valence-electron chi connectivity index (χ3n) is 5.27. The first-order chi connectivity index (χ1) is 13.5. The predicted molar refractivity (Wildman–Crippen MR) is 118 cm³/mol. The summed E-state index contributed by atoms with van der Waals surface area (Å²) in [5.74, 6) is 0.300. The van der Waals surface area contributed by atoms with E-state index in [0.29, 0.717) is 5.75 Å². The molecule has 1 aliphatic rings. The Morgan fingerprint density at radius 1 is 0.964 bits per heavy atom. The van der Waals surface area contributed by atoms with Crippen molar-refractivity contribution < 1.29 is 5.11 Å². The molecule has 3 aromatic rings. The molecule has 1 aliphatic heterocycles. The Balaban J connectivity index is 1.79. The molecule has 0 saturated carbocycles. The van der Waals surface area contributed by atoms with Crippen LogP contribution in [-0.4, -0.2) is 10.8 Å². The van der Waals surface area contributed by atoms with E-state index in [0.717, 1.165) is 33.3 Å². The summed E-state index contributed by atoms with van der Waals surface area (Å²) in [6, 6.07) is 22.4. The Kier molecular flexibility index (Phi) is 5.33. The number of halogens is 1. The van der Waals surface area contributed by atoms with Crippen LogP contribution in [0.15, 0.2) is 76.2 Å².